The SMILES string of the molecule is CN1CCc2c([nH]c3ccccc23)C1c1c(O)n(C)c(=S)[nH]c1=O. The Hall–Kier alpha value is -2.38. The third-order valence-corrected chi connectivity index (χ3v) is 5.25. The minimum atomic E-state index is -0.348. The molecule has 0 saturated heterocycles. The lowest BCUT2D eigenvalue weighted by Crippen LogP contribution is -2.36. The maximum absolute atomic E-state index is 12.5. The summed E-state index contributed by atoms with van der Waals surface area (Å²) >= 11 is 5.08. The maximum Gasteiger partial charge on any atom is 0.260 e. The van der Waals surface area contributed by atoms with Crippen molar-refractivity contribution in [2.75, 3.05) is 13.6 Å². The molecule has 3 aromatic rings. The summed E-state index contributed by atoms with van der Waals surface area (Å²) in [6.45, 7) is 0.803. The lowest BCUT2D eigenvalue weighted by Gasteiger charge is -2.32. The van der Waals surface area contributed by atoms with Crippen LogP contribution < -0.4 is 5.56 Å². The largest absolute Gasteiger partial charge is 0.494 e. The first-order valence-electron chi connectivity index (χ1n) is 7.81. The summed E-state index contributed by atoms with van der Waals surface area (Å²) in [5.41, 5.74) is 3.18. The van der Waals surface area contributed by atoms with Gasteiger partial charge < -0.3 is 10.1 Å². The molecule has 1 aliphatic heterocycles. The van der Waals surface area contributed by atoms with Crippen LogP contribution in [-0.4, -0.2) is 38.1 Å². The second kappa shape index (κ2) is 5.32. The van der Waals surface area contributed by atoms with Crippen molar-refractivity contribution in [1.82, 2.24) is 19.4 Å². The zero-order valence-corrected chi connectivity index (χ0v) is 14.3. The highest BCUT2D eigenvalue weighted by atomic mass is 32.1. The van der Waals surface area contributed by atoms with Crippen molar-refractivity contribution >= 4 is 23.1 Å². The summed E-state index contributed by atoms with van der Waals surface area (Å²) < 4.78 is 1.63. The third kappa shape index (κ3) is 2.05. The summed E-state index contributed by atoms with van der Waals surface area (Å²) in [7, 11) is 3.60. The normalized spacial score (nSPS) is 18.0. The van der Waals surface area contributed by atoms with Crippen LogP contribution in [0.5, 0.6) is 5.88 Å². The number of aromatic hydroxyl groups is 1. The van der Waals surface area contributed by atoms with Crippen LogP contribution in [-0.2, 0) is 13.5 Å². The monoisotopic (exact) mass is 342 g/mol. The molecule has 3 heterocycles. The molecule has 0 fully saturated rings. The second-order valence-electron chi connectivity index (χ2n) is 6.25. The van der Waals surface area contributed by atoms with E-state index >= 15 is 0 Å². The van der Waals surface area contributed by atoms with Crippen molar-refractivity contribution < 1.29 is 5.11 Å². The van der Waals surface area contributed by atoms with Gasteiger partial charge in [-0.25, -0.2) is 0 Å². The topological polar surface area (TPSA) is 77.1 Å². The third-order valence-electron chi connectivity index (χ3n) is 4.88. The molecule has 24 heavy (non-hydrogen) atoms. The van der Waals surface area contributed by atoms with Crippen molar-refractivity contribution in [1.29, 1.82) is 0 Å². The molecule has 1 unspecified atom stereocenters. The van der Waals surface area contributed by atoms with Gasteiger partial charge in [-0.1, -0.05) is 18.2 Å². The van der Waals surface area contributed by atoms with Crippen molar-refractivity contribution in [2.24, 2.45) is 7.05 Å². The van der Waals surface area contributed by atoms with E-state index in [-0.39, 0.29) is 22.3 Å². The predicted octanol–water partition coefficient (Wildman–Crippen LogP) is 2.21. The molecule has 7 heteroatoms. The number of nitrogens with one attached hydrogen (secondary N) is 2. The summed E-state index contributed by atoms with van der Waals surface area (Å²) in [6, 6.07) is 7.77. The van der Waals surface area contributed by atoms with E-state index in [9.17, 15) is 9.90 Å². The van der Waals surface area contributed by atoms with Crippen molar-refractivity contribution in [3.8, 4) is 5.88 Å². The molecule has 3 N–H and O–H groups in total. The van der Waals surface area contributed by atoms with Gasteiger partial charge >= 0.3 is 0 Å². The Morgan fingerprint density at radius 2 is 2.00 bits per heavy atom. The van der Waals surface area contributed by atoms with E-state index in [1.54, 1.807) is 7.05 Å². The van der Waals surface area contributed by atoms with E-state index in [1.807, 2.05) is 25.2 Å². The number of para-hydroxylation sites is 1. The van der Waals surface area contributed by atoms with E-state index in [2.05, 4.69) is 20.9 Å². The predicted molar refractivity (Wildman–Crippen MR) is 95.0 cm³/mol. The van der Waals surface area contributed by atoms with Crippen LogP contribution in [0.4, 0.5) is 0 Å². The quantitative estimate of drug-likeness (QED) is 0.593. The molecule has 1 aromatic carbocycles. The van der Waals surface area contributed by atoms with Gasteiger partial charge in [0.2, 0.25) is 5.88 Å². The number of aromatic amines is 2. The summed E-state index contributed by atoms with van der Waals surface area (Å²) in [4.78, 5) is 20.7. The van der Waals surface area contributed by atoms with Gasteiger partial charge in [0.05, 0.1) is 6.04 Å². The molecule has 0 radical (unpaired) electrons. The molecule has 0 saturated carbocycles. The molecule has 1 aliphatic rings. The van der Waals surface area contributed by atoms with Gasteiger partial charge in [0.15, 0.2) is 4.77 Å². The molecular weight excluding hydrogens is 324 g/mol. The summed E-state index contributed by atoms with van der Waals surface area (Å²) in [6.07, 6.45) is 0.899. The minimum Gasteiger partial charge on any atom is -0.494 e. The average Bonchev–Trinajstić information content (AvgIpc) is 2.93. The highest BCUT2D eigenvalue weighted by Gasteiger charge is 2.33. The molecular formula is C17H18N4O2S. The number of likely N-dealkylation sites (N-methyl/N-ethyl adjacent to an activating group) is 1. The second-order valence-corrected chi connectivity index (χ2v) is 6.64. The Balaban J connectivity index is 2.03. The van der Waals surface area contributed by atoms with Gasteiger partial charge in [0.1, 0.15) is 5.56 Å². The molecule has 4 rings (SSSR count). The van der Waals surface area contributed by atoms with E-state index in [0.717, 1.165) is 24.2 Å². The van der Waals surface area contributed by atoms with Crippen LogP contribution in [0, 0.1) is 4.77 Å². The lowest BCUT2D eigenvalue weighted by molar-refractivity contribution is 0.251. The molecule has 1 atom stereocenters. The van der Waals surface area contributed by atoms with Gasteiger partial charge in [-0.2, -0.15) is 0 Å². The Morgan fingerprint density at radius 1 is 1.25 bits per heavy atom. The Kier molecular flexibility index (Phi) is 3.36. The van der Waals surface area contributed by atoms with Crippen LogP contribution in [0.1, 0.15) is 22.9 Å². The fraction of sp³-hybridized carbons (Fsp3) is 0.294. The van der Waals surface area contributed by atoms with Crippen molar-refractivity contribution in [3.05, 3.63) is 56.2 Å². The van der Waals surface area contributed by atoms with E-state index < -0.39 is 0 Å². The van der Waals surface area contributed by atoms with Crippen molar-refractivity contribution in [2.45, 2.75) is 12.5 Å². The number of aromatic nitrogens is 3. The Morgan fingerprint density at radius 3 is 2.79 bits per heavy atom. The van der Waals surface area contributed by atoms with Gasteiger partial charge in [0.25, 0.3) is 5.56 Å². The van der Waals surface area contributed by atoms with Gasteiger partial charge in [0, 0.05) is 30.2 Å². The highest BCUT2D eigenvalue weighted by Crippen LogP contribution is 2.38. The molecule has 0 amide bonds. The molecule has 0 bridgehead atoms. The van der Waals surface area contributed by atoms with Crippen LogP contribution in [0.25, 0.3) is 10.9 Å². The van der Waals surface area contributed by atoms with Crippen LogP contribution >= 0.6 is 12.2 Å². The van der Waals surface area contributed by atoms with E-state index in [4.69, 9.17) is 12.2 Å². The summed E-state index contributed by atoms with van der Waals surface area (Å²) in [5.74, 6) is -0.0906. The van der Waals surface area contributed by atoms with Gasteiger partial charge in [-0.15, -0.1) is 0 Å². The maximum atomic E-state index is 12.5. The average molecular weight is 342 g/mol. The number of hydrogen-bond donors (Lipinski definition) is 3. The zero-order valence-electron chi connectivity index (χ0n) is 13.5. The number of H-pyrrole nitrogens is 2. The van der Waals surface area contributed by atoms with Crippen LogP contribution in [0.2, 0.25) is 0 Å². The standard InChI is InChI=1S/C17H18N4O2S/c1-20-8-7-10-9-5-3-4-6-11(9)18-13(10)14(20)12-15(22)19-17(24)21(2)16(12)23/h3-6,14,18,23H,7-8H2,1-2H3,(H,19,22,24). The zero-order chi connectivity index (χ0) is 17.0. The lowest BCUT2D eigenvalue weighted by atomic mass is 9.94. The Bertz CT molecular complexity index is 1060. The minimum absolute atomic E-state index is 0.0906. The number of rotatable bonds is 1. The van der Waals surface area contributed by atoms with E-state index in [0.29, 0.717) is 5.56 Å². The first-order valence-corrected chi connectivity index (χ1v) is 8.21. The smallest absolute Gasteiger partial charge is 0.260 e. The summed E-state index contributed by atoms with van der Waals surface area (Å²) in [5, 5.41) is 11.7. The van der Waals surface area contributed by atoms with E-state index in [1.165, 1.54) is 15.5 Å². The number of fused-ring (bicyclic) bond motifs is 3. The fourth-order valence-electron chi connectivity index (χ4n) is 3.60. The Labute approximate surface area is 143 Å². The number of hydrogen-bond acceptors (Lipinski definition) is 4. The molecule has 0 aliphatic carbocycles. The molecule has 6 nitrogen and oxygen atoms in total. The highest BCUT2D eigenvalue weighted by molar-refractivity contribution is 7.71. The van der Waals surface area contributed by atoms with Crippen LogP contribution in [0.3, 0.4) is 0 Å². The fourth-order valence-corrected chi connectivity index (χ4v) is 3.78. The first-order chi connectivity index (χ1) is 11.5. The van der Waals surface area contributed by atoms with Gasteiger partial charge in [-0.05, 0) is 37.3 Å². The molecule has 2 aromatic heterocycles. The first kappa shape index (κ1) is 15.2. The van der Waals surface area contributed by atoms with Crippen LogP contribution in [0.15, 0.2) is 29.1 Å². The molecule has 0 spiro atoms. The number of benzene rings is 1. The molecule has 124 valence electrons. The number of nitrogens with zero attached hydrogens (tertiary/aromatic N) is 2. The van der Waals surface area contributed by atoms with Crippen molar-refractivity contribution in [3.63, 3.8) is 0 Å². The van der Waals surface area contributed by atoms with Gasteiger partial charge in [-0.3, -0.25) is 19.2 Å².